The Kier molecular flexibility index (Phi) is 5.58. The molecule has 1 aromatic heterocycles. The predicted molar refractivity (Wildman–Crippen MR) is 79.7 cm³/mol. The Morgan fingerprint density at radius 2 is 1.95 bits per heavy atom. The van der Waals surface area contributed by atoms with Crippen molar-refractivity contribution in [2.75, 3.05) is 12.3 Å². The summed E-state index contributed by atoms with van der Waals surface area (Å²) in [5, 5.41) is 12.1. The molecule has 0 radical (unpaired) electrons. The summed E-state index contributed by atoms with van der Waals surface area (Å²) in [6, 6.07) is 10.9. The Morgan fingerprint density at radius 3 is 2.70 bits per heavy atom. The molecule has 4 nitrogen and oxygen atoms in total. The zero-order chi connectivity index (χ0) is 14.2. The van der Waals surface area contributed by atoms with Gasteiger partial charge in [-0.3, -0.25) is 9.78 Å². The summed E-state index contributed by atoms with van der Waals surface area (Å²) in [5.41, 5.74) is 1.18. The largest absolute Gasteiger partial charge is 0.392 e. The van der Waals surface area contributed by atoms with Crippen LogP contribution in [0.5, 0.6) is 0 Å². The van der Waals surface area contributed by atoms with Gasteiger partial charge in [0.1, 0.15) is 0 Å². The van der Waals surface area contributed by atoms with Crippen LogP contribution in [0.4, 0.5) is 0 Å². The average Bonchev–Trinajstić information content (AvgIpc) is 2.52. The highest BCUT2D eigenvalue weighted by molar-refractivity contribution is 7.99. The topological polar surface area (TPSA) is 62.2 Å². The van der Waals surface area contributed by atoms with Gasteiger partial charge >= 0.3 is 0 Å². The third kappa shape index (κ3) is 4.08. The number of pyridine rings is 1. The SMILES string of the molecule is O=C(NCCSc1ccncc1)c1ccccc1CO. The van der Waals surface area contributed by atoms with Gasteiger partial charge in [-0.15, -0.1) is 11.8 Å². The standard InChI is InChI=1S/C15H16N2O2S/c18-11-12-3-1-2-4-14(12)15(19)17-9-10-20-13-5-7-16-8-6-13/h1-8,18H,9-11H2,(H,17,19). The average molecular weight is 288 g/mol. The number of hydrogen-bond donors (Lipinski definition) is 2. The number of rotatable bonds is 6. The normalized spacial score (nSPS) is 10.2. The second kappa shape index (κ2) is 7.67. The second-order valence-corrected chi connectivity index (χ2v) is 5.27. The van der Waals surface area contributed by atoms with Crippen LogP contribution in [0.2, 0.25) is 0 Å². The van der Waals surface area contributed by atoms with Crippen LogP contribution in [0.15, 0.2) is 53.7 Å². The number of aliphatic hydroxyl groups is 1. The number of benzene rings is 1. The summed E-state index contributed by atoms with van der Waals surface area (Å²) in [5.74, 6) is 0.641. The molecule has 2 N–H and O–H groups in total. The van der Waals surface area contributed by atoms with Crippen molar-refractivity contribution in [2.24, 2.45) is 0 Å². The molecule has 104 valence electrons. The van der Waals surface area contributed by atoms with E-state index in [9.17, 15) is 9.90 Å². The molecule has 0 unspecified atom stereocenters. The van der Waals surface area contributed by atoms with Gasteiger partial charge in [-0.05, 0) is 23.8 Å². The predicted octanol–water partition coefficient (Wildman–Crippen LogP) is 2.10. The Hall–Kier alpha value is -1.85. The minimum atomic E-state index is -0.148. The first-order chi connectivity index (χ1) is 9.81. The molecule has 2 rings (SSSR count). The highest BCUT2D eigenvalue weighted by atomic mass is 32.2. The monoisotopic (exact) mass is 288 g/mol. The highest BCUT2D eigenvalue weighted by Gasteiger charge is 2.09. The van der Waals surface area contributed by atoms with Gasteiger partial charge in [-0.25, -0.2) is 0 Å². The molecule has 1 amide bonds. The summed E-state index contributed by atoms with van der Waals surface area (Å²) in [4.78, 5) is 17.1. The molecule has 0 saturated carbocycles. The zero-order valence-electron chi connectivity index (χ0n) is 11.0. The first-order valence-corrected chi connectivity index (χ1v) is 7.29. The van der Waals surface area contributed by atoms with Gasteiger partial charge in [-0.2, -0.15) is 0 Å². The van der Waals surface area contributed by atoms with Crippen LogP contribution in [0.25, 0.3) is 0 Å². The second-order valence-electron chi connectivity index (χ2n) is 4.10. The summed E-state index contributed by atoms with van der Waals surface area (Å²) in [6.07, 6.45) is 3.50. The van der Waals surface area contributed by atoms with Gasteiger partial charge < -0.3 is 10.4 Å². The lowest BCUT2D eigenvalue weighted by molar-refractivity contribution is 0.0953. The molecule has 0 saturated heterocycles. The number of carbonyl (C=O) groups excluding carboxylic acids is 1. The molecule has 0 fully saturated rings. The van der Waals surface area contributed by atoms with Gasteiger partial charge in [0.15, 0.2) is 0 Å². The molecule has 0 aliphatic rings. The Balaban J connectivity index is 1.81. The molecule has 5 heteroatoms. The maximum Gasteiger partial charge on any atom is 0.251 e. The van der Waals surface area contributed by atoms with E-state index in [-0.39, 0.29) is 12.5 Å². The molecule has 0 bridgehead atoms. The van der Waals surface area contributed by atoms with Gasteiger partial charge in [0.2, 0.25) is 0 Å². The lowest BCUT2D eigenvalue weighted by atomic mass is 10.1. The van der Waals surface area contributed by atoms with Crippen LogP contribution >= 0.6 is 11.8 Å². The number of nitrogens with one attached hydrogen (secondary N) is 1. The zero-order valence-corrected chi connectivity index (χ0v) is 11.8. The van der Waals surface area contributed by atoms with Crippen molar-refractivity contribution < 1.29 is 9.90 Å². The summed E-state index contributed by atoms with van der Waals surface area (Å²) < 4.78 is 0. The van der Waals surface area contributed by atoms with Crippen LogP contribution in [0.1, 0.15) is 15.9 Å². The summed E-state index contributed by atoms with van der Waals surface area (Å²) in [6.45, 7) is 0.445. The minimum Gasteiger partial charge on any atom is -0.392 e. The van der Waals surface area contributed by atoms with Gasteiger partial charge in [0.25, 0.3) is 5.91 Å². The van der Waals surface area contributed by atoms with E-state index in [1.165, 1.54) is 0 Å². The Bertz CT molecular complexity index is 561. The van der Waals surface area contributed by atoms with E-state index in [0.717, 1.165) is 10.6 Å². The van der Waals surface area contributed by atoms with Crippen molar-refractivity contribution in [2.45, 2.75) is 11.5 Å². The quantitative estimate of drug-likeness (QED) is 0.631. The fourth-order valence-electron chi connectivity index (χ4n) is 1.74. The van der Waals surface area contributed by atoms with Gasteiger partial charge in [0, 0.05) is 35.2 Å². The first-order valence-electron chi connectivity index (χ1n) is 6.31. The number of carbonyl (C=O) groups is 1. The van der Waals surface area contributed by atoms with Crippen LogP contribution < -0.4 is 5.32 Å². The van der Waals surface area contributed by atoms with E-state index < -0.39 is 0 Å². The number of aliphatic hydroxyl groups excluding tert-OH is 1. The highest BCUT2D eigenvalue weighted by Crippen LogP contribution is 2.15. The van der Waals surface area contributed by atoms with Crippen molar-refractivity contribution in [3.05, 3.63) is 59.9 Å². The maximum atomic E-state index is 12.0. The van der Waals surface area contributed by atoms with E-state index in [1.54, 1.807) is 42.4 Å². The van der Waals surface area contributed by atoms with Crippen molar-refractivity contribution in [1.82, 2.24) is 10.3 Å². The summed E-state index contributed by atoms with van der Waals surface area (Å²) >= 11 is 1.66. The molecular weight excluding hydrogens is 272 g/mol. The lowest BCUT2D eigenvalue weighted by Crippen LogP contribution is -2.26. The van der Waals surface area contributed by atoms with E-state index in [2.05, 4.69) is 10.3 Å². The molecular formula is C15H16N2O2S. The van der Waals surface area contributed by atoms with Crippen LogP contribution in [0, 0.1) is 0 Å². The molecule has 0 spiro atoms. The number of amides is 1. The van der Waals surface area contributed by atoms with E-state index >= 15 is 0 Å². The number of hydrogen-bond acceptors (Lipinski definition) is 4. The van der Waals surface area contributed by atoms with Crippen molar-refractivity contribution in [3.8, 4) is 0 Å². The molecule has 2 aromatic rings. The molecule has 1 aromatic carbocycles. The van der Waals surface area contributed by atoms with Crippen LogP contribution in [-0.4, -0.2) is 28.3 Å². The molecule has 20 heavy (non-hydrogen) atoms. The molecule has 0 atom stereocenters. The molecule has 0 aliphatic carbocycles. The fraction of sp³-hybridized carbons (Fsp3) is 0.200. The van der Waals surface area contributed by atoms with Gasteiger partial charge in [0.05, 0.1) is 6.61 Å². The Labute approximate surface area is 122 Å². The fourth-order valence-corrected chi connectivity index (χ4v) is 2.50. The van der Waals surface area contributed by atoms with Gasteiger partial charge in [-0.1, -0.05) is 18.2 Å². The van der Waals surface area contributed by atoms with E-state index in [0.29, 0.717) is 17.7 Å². The minimum absolute atomic E-state index is 0.130. The van der Waals surface area contributed by atoms with Crippen LogP contribution in [-0.2, 0) is 6.61 Å². The molecule has 0 aliphatic heterocycles. The Morgan fingerprint density at radius 1 is 1.20 bits per heavy atom. The maximum absolute atomic E-state index is 12.0. The first kappa shape index (κ1) is 14.6. The van der Waals surface area contributed by atoms with Crippen molar-refractivity contribution in [1.29, 1.82) is 0 Å². The van der Waals surface area contributed by atoms with Crippen molar-refractivity contribution in [3.63, 3.8) is 0 Å². The number of nitrogens with zero attached hydrogens (tertiary/aromatic N) is 1. The smallest absolute Gasteiger partial charge is 0.251 e. The third-order valence-corrected chi connectivity index (χ3v) is 3.75. The summed E-state index contributed by atoms with van der Waals surface area (Å²) in [7, 11) is 0. The van der Waals surface area contributed by atoms with Crippen molar-refractivity contribution >= 4 is 17.7 Å². The third-order valence-electron chi connectivity index (χ3n) is 2.74. The van der Waals surface area contributed by atoms with Crippen LogP contribution in [0.3, 0.4) is 0 Å². The van der Waals surface area contributed by atoms with E-state index in [4.69, 9.17) is 0 Å². The lowest BCUT2D eigenvalue weighted by Gasteiger charge is -2.08. The number of aromatic nitrogens is 1. The number of thioether (sulfide) groups is 1. The molecule has 1 heterocycles. The van der Waals surface area contributed by atoms with E-state index in [1.807, 2.05) is 18.2 Å².